The summed E-state index contributed by atoms with van der Waals surface area (Å²) in [7, 11) is 1.80. The molecule has 100 valence electrons. The number of Topliss-reactive ketones (excluding diaryl/α,β-unsaturated/α-hetero) is 1. The minimum absolute atomic E-state index is 0.226. The van der Waals surface area contributed by atoms with Gasteiger partial charge in [0.1, 0.15) is 0 Å². The van der Waals surface area contributed by atoms with E-state index in [4.69, 9.17) is 0 Å². The lowest BCUT2D eigenvalue weighted by molar-refractivity contribution is 0.0624. The van der Waals surface area contributed by atoms with Gasteiger partial charge in [0.05, 0.1) is 17.7 Å². The number of nitrogens with zero attached hydrogens (tertiary/aromatic N) is 2. The lowest BCUT2D eigenvalue weighted by Crippen LogP contribution is -2.34. The van der Waals surface area contributed by atoms with Crippen LogP contribution in [0.25, 0.3) is 0 Å². The molecular formula is C15H12N2O3. The number of hydrogen-bond acceptors (Lipinski definition) is 3. The number of aromatic nitrogens is 1. The lowest BCUT2D eigenvalue weighted by atomic mass is 10.1. The maximum atomic E-state index is 12.1. The van der Waals surface area contributed by atoms with Crippen LogP contribution >= 0.6 is 0 Å². The van der Waals surface area contributed by atoms with Gasteiger partial charge in [0.2, 0.25) is 0 Å². The molecule has 0 unspecified atom stereocenters. The van der Waals surface area contributed by atoms with E-state index in [1.54, 1.807) is 54.3 Å². The predicted octanol–water partition coefficient (Wildman–Crippen LogP) is 1.50. The molecule has 0 saturated heterocycles. The number of hydrogen-bond donors (Lipinski definition) is 0. The fraction of sp³-hybridized carbons (Fsp3) is 0.133. The van der Waals surface area contributed by atoms with Crippen molar-refractivity contribution in [2.24, 2.45) is 7.05 Å². The van der Waals surface area contributed by atoms with Gasteiger partial charge in [-0.25, -0.2) is 0 Å². The van der Waals surface area contributed by atoms with Gasteiger partial charge in [-0.1, -0.05) is 12.1 Å². The molecule has 0 saturated carbocycles. The number of amides is 2. The van der Waals surface area contributed by atoms with Gasteiger partial charge in [0.15, 0.2) is 5.78 Å². The first kappa shape index (κ1) is 12.3. The van der Waals surface area contributed by atoms with E-state index in [9.17, 15) is 14.4 Å². The zero-order valence-electron chi connectivity index (χ0n) is 10.9. The van der Waals surface area contributed by atoms with Gasteiger partial charge in [-0.3, -0.25) is 19.3 Å². The third kappa shape index (κ3) is 1.84. The van der Waals surface area contributed by atoms with Crippen molar-refractivity contribution in [3.05, 3.63) is 59.4 Å². The molecule has 1 aliphatic rings. The third-order valence-electron chi connectivity index (χ3n) is 3.33. The second-order valence-electron chi connectivity index (χ2n) is 4.73. The molecule has 20 heavy (non-hydrogen) atoms. The van der Waals surface area contributed by atoms with Crippen LogP contribution in [0.5, 0.6) is 0 Å². The van der Waals surface area contributed by atoms with Crippen molar-refractivity contribution in [1.29, 1.82) is 0 Å². The Morgan fingerprint density at radius 1 is 1.05 bits per heavy atom. The molecular weight excluding hydrogens is 256 g/mol. The van der Waals surface area contributed by atoms with Crippen molar-refractivity contribution < 1.29 is 14.4 Å². The first-order valence-electron chi connectivity index (χ1n) is 6.18. The minimum Gasteiger partial charge on any atom is -0.357 e. The Morgan fingerprint density at radius 3 is 2.15 bits per heavy atom. The highest BCUT2D eigenvalue weighted by Crippen LogP contribution is 2.22. The van der Waals surface area contributed by atoms with Crippen LogP contribution in [0.1, 0.15) is 31.1 Å². The predicted molar refractivity (Wildman–Crippen MR) is 71.6 cm³/mol. The van der Waals surface area contributed by atoms with E-state index >= 15 is 0 Å². The number of ketones is 1. The van der Waals surface area contributed by atoms with E-state index in [1.807, 2.05) is 0 Å². The fourth-order valence-electron chi connectivity index (χ4n) is 2.29. The molecule has 2 heterocycles. The number of benzene rings is 1. The molecule has 0 bridgehead atoms. The van der Waals surface area contributed by atoms with Crippen LogP contribution in [0.3, 0.4) is 0 Å². The van der Waals surface area contributed by atoms with E-state index in [2.05, 4.69) is 0 Å². The molecule has 0 atom stereocenters. The maximum Gasteiger partial charge on any atom is 0.261 e. The molecule has 1 aromatic heterocycles. The summed E-state index contributed by atoms with van der Waals surface area (Å²) >= 11 is 0. The van der Waals surface area contributed by atoms with Crippen molar-refractivity contribution in [3.8, 4) is 0 Å². The first-order valence-corrected chi connectivity index (χ1v) is 6.18. The highest BCUT2D eigenvalue weighted by atomic mass is 16.2. The van der Waals surface area contributed by atoms with Crippen LogP contribution in [0.4, 0.5) is 0 Å². The molecule has 0 radical (unpaired) electrons. The quantitative estimate of drug-likeness (QED) is 0.626. The van der Waals surface area contributed by atoms with Crippen LogP contribution in [-0.2, 0) is 7.05 Å². The van der Waals surface area contributed by atoms with Gasteiger partial charge in [0, 0.05) is 25.0 Å². The van der Waals surface area contributed by atoms with Crippen LogP contribution in [0, 0.1) is 0 Å². The normalized spacial score (nSPS) is 13.8. The molecule has 0 aliphatic carbocycles. The van der Waals surface area contributed by atoms with Crippen molar-refractivity contribution in [3.63, 3.8) is 0 Å². The summed E-state index contributed by atoms with van der Waals surface area (Å²) in [5, 5.41) is 0. The summed E-state index contributed by atoms with van der Waals surface area (Å²) in [6.07, 6.45) is 3.41. The Labute approximate surface area is 115 Å². The smallest absolute Gasteiger partial charge is 0.261 e. The van der Waals surface area contributed by atoms with Gasteiger partial charge in [-0.05, 0) is 18.2 Å². The number of rotatable bonds is 3. The Morgan fingerprint density at radius 2 is 1.65 bits per heavy atom. The van der Waals surface area contributed by atoms with Crippen molar-refractivity contribution in [1.82, 2.24) is 9.47 Å². The van der Waals surface area contributed by atoms with E-state index < -0.39 is 11.8 Å². The number of aryl methyl sites for hydroxylation is 1. The fourth-order valence-corrected chi connectivity index (χ4v) is 2.29. The van der Waals surface area contributed by atoms with E-state index in [-0.39, 0.29) is 12.3 Å². The highest BCUT2D eigenvalue weighted by molar-refractivity contribution is 6.23. The zero-order chi connectivity index (χ0) is 14.3. The van der Waals surface area contributed by atoms with Gasteiger partial charge in [-0.15, -0.1) is 0 Å². The van der Waals surface area contributed by atoms with Crippen LogP contribution in [-0.4, -0.2) is 33.6 Å². The molecule has 2 amide bonds. The lowest BCUT2D eigenvalue weighted by Gasteiger charge is -2.11. The molecule has 2 aromatic rings. The molecule has 0 fully saturated rings. The summed E-state index contributed by atoms with van der Waals surface area (Å²) in [4.78, 5) is 37.4. The van der Waals surface area contributed by atoms with Crippen molar-refractivity contribution in [2.45, 2.75) is 0 Å². The summed E-state index contributed by atoms with van der Waals surface area (Å²) in [6, 6.07) is 8.27. The number of fused-ring (bicyclic) bond motifs is 1. The highest BCUT2D eigenvalue weighted by Gasteiger charge is 2.36. The SMILES string of the molecule is Cn1ccc(C(=O)CN2C(=O)c3ccccc3C2=O)c1. The van der Waals surface area contributed by atoms with Gasteiger partial charge >= 0.3 is 0 Å². The summed E-state index contributed by atoms with van der Waals surface area (Å²) in [6.45, 7) is -0.226. The molecule has 3 rings (SSSR count). The monoisotopic (exact) mass is 268 g/mol. The summed E-state index contributed by atoms with van der Waals surface area (Å²) in [5.74, 6) is -1.06. The van der Waals surface area contributed by atoms with Crippen LogP contribution in [0.15, 0.2) is 42.7 Å². The van der Waals surface area contributed by atoms with E-state index in [0.717, 1.165) is 4.90 Å². The Hall–Kier alpha value is -2.69. The van der Waals surface area contributed by atoms with E-state index in [0.29, 0.717) is 16.7 Å². The second-order valence-corrected chi connectivity index (χ2v) is 4.73. The zero-order valence-corrected chi connectivity index (χ0v) is 10.9. The molecule has 0 spiro atoms. The molecule has 0 N–H and O–H groups in total. The molecule has 5 heteroatoms. The maximum absolute atomic E-state index is 12.1. The first-order chi connectivity index (χ1) is 9.58. The summed E-state index contributed by atoms with van der Waals surface area (Å²) in [5.41, 5.74) is 1.21. The third-order valence-corrected chi connectivity index (χ3v) is 3.33. The number of carbonyl (C=O) groups is 3. The van der Waals surface area contributed by atoms with Crippen LogP contribution in [0.2, 0.25) is 0 Å². The average Bonchev–Trinajstić information content (AvgIpc) is 2.98. The van der Waals surface area contributed by atoms with Gasteiger partial charge in [0.25, 0.3) is 11.8 Å². The van der Waals surface area contributed by atoms with Crippen molar-refractivity contribution >= 4 is 17.6 Å². The molecule has 1 aromatic carbocycles. The Bertz CT molecular complexity index is 695. The minimum atomic E-state index is -0.408. The largest absolute Gasteiger partial charge is 0.357 e. The second kappa shape index (κ2) is 4.45. The summed E-state index contributed by atoms with van der Waals surface area (Å²) < 4.78 is 1.75. The number of imide groups is 1. The molecule has 1 aliphatic heterocycles. The topological polar surface area (TPSA) is 59.4 Å². The Kier molecular flexibility index (Phi) is 2.75. The average molecular weight is 268 g/mol. The van der Waals surface area contributed by atoms with E-state index in [1.165, 1.54) is 0 Å². The van der Waals surface area contributed by atoms with Crippen LogP contribution < -0.4 is 0 Å². The van der Waals surface area contributed by atoms with Gasteiger partial charge in [-0.2, -0.15) is 0 Å². The number of carbonyl (C=O) groups excluding carboxylic acids is 3. The Balaban J connectivity index is 1.85. The molecule has 5 nitrogen and oxygen atoms in total. The van der Waals surface area contributed by atoms with Gasteiger partial charge < -0.3 is 4.57 Å². The van der Waals surface area contributed by atoms with Crippen molar-refractivity contribution in [2.75, 3.05) is 6.54 Å². The standard InChI is InChI=1S/C15H12N2O3/c1-16-7-6-10(8-16)13(18)9-17-14(19)11-4-2-3-5-12(11)15(17)20/h2-8H,9H2,1H3.